The van der Waals surface area contributed by atoms with Crippen molar-refractivity contribution in [1.82, 2.24) is 20.2 Å². The summed E-state index contributed by atoms with van der Waals surface area (Å²) < 4.78 is 1.87. The molecule has 3 aromatic rings. The zero-order valence-electron chi connectivity index (χ0n) is 14.9. The lowest BCUT2D eigenvalue weighted by atomic mass is 10.1. The number of aromatic nitrogens is 3. The van der Waals surface area contributed by atoms with Crippen molar-refractivity contribution in [2.45, 2.75) is 17.8 Å². The Bertz CT molecular complexity index is 968. The van der Waals surface area contributed by atoms with E-state index >= 15 is 0 Å². The number of hydrogen-bond acceptors (Lipinski definition) is 5. The summed E-state index contributed by atoms with van der Waals surface area (Å²) in [6.07, 6.45) is 1.67. The molecule has 27 heavy (non-hydrogen) atoms. The monoisotopic (exact) mass is 399 g/mol. The van der Waals surface area contributed by atoms with Crippen LogP contribution in [0.15, 0.2) is 65.1 Å². The van der Waals surface area contributed by atoms with Crippen LogP contribution in [-0.2, 0) is 12.8 Å². The van der Waals surface area contributed by atoms with Crippen LogP contribution in [0.2, 0.25) is 5.02 Å². The molecule has 8 heteroatoms. The third-order valence-electron chi connectivity index (χ3n) is 3.82. The number of benzene rings is 2. The van der Waals surface area contributed by atoms with Crippen LogP contribution in [0.4, 0.5) is 0 Å². The number of nitrogens with zero attached hydrogens (tertiary/aromatic N) is 4. The SMILES string of the molecule is C/C(=N\NC(=O)c1ccc(CSc2nncn2C)cc1)c1cccc(Cl)c1. The van der Waals surface area contributed by atoms with Gasteiger partial charge in [0, 0.05) is 23.4 Å². The van der Waals surface area contributed by atoms with E-state index in [1.54, 1.807) is 42.4 Å². The molecule has 0 unspecified atom stereocenters. The van der Waals surface area contributed by atoms with Crippen LogP contribution < -0.4 is 5.43 Å². The largest absolute Gasteiger partial charge is 0.312 e. The molecule has 0 saturated carbocycles. The predicted molar refractivity (Wildman–Crippen MR) is 108 cm³/mol. The van der Waals surface area contributed by atoms with Crippen LogP contribution in [0.1, 0.15) is 28.4 Å². The number of aryl methyl sites for hydroxylation is 1. The van der Waals surface area contributed by atoms with Crippen LogP contribution in [0.3, 0.4) is 0 Å². The van der Waals surface area contributed by atoms with Crippen LogP contribution in [-0.4, -0.2) is 26.4 Å². The third kappa shape index (κ3) is 5.18. The fourth-order valence-electron chi connectivity index (χ4n) is 2.28. The highest BCUT2D eigenvalue weighted by molar-refractivity contribution is 7.98. The molecule has 2 aromatic carbocycles. The Balaban J connectivity index is 1.58. The van der Waals surface area contributed by atoms with Gasteiger partial charge in [0.05, 0.1) is 5.71 Å². The summed E-state index contributed by atoms with van der Waals surface area (Å²) in [5.74, 6) is 0.490. The Morgan fingerprint density at radius 3 is 2.67 bits per heavy atom. The lowest BCUT2D eigenvalue weighted by molar-refractivity contribution is 0.0955. The van der Waals surface area contributed by atoms with Crippen molar-refractivity contribution in [3.8, 4) is 0 Å². The van der Waals surface area contributed by atoms with E-state index in [1.165, 1.54) is 0 Å². The second kappa shape index (κ2) is 8.83. The molecule has 0 aliphatic rings. The van der Waals surface area contributed by atoms with Crippen molar-refractivity contribution in [3.05, 3.63) is 76.6 Å². The maximum Gasteiger partial charge on any atom is 0.271 e. The van der Waals surface area contributed by atoms with Gasteiger partial charge in [-0.2, -0.15) is 5.10 Å². The van der Waals surface area contributed by atoms with Crippen LogP contribution in [0.5, 0.6) is 0 Å². The van der Waals surface area contributed by atoms with Gasteiger partial charge in [0.2, 0.25) is 0 Å². The smallest absolute Gasteiger partial charge is 0.271 e. The molecular formula is C19H18ClN5OS. The van der Waals surface area contributed by atoms with E-state index in [9.17, 15) is 4.79 Å². The van der Waals surface area contributed by atoms with E-state index in [0.717, 1.165) is 22.0 Å². The molecule has 0 aliphatic heterocycles. The molecule has 0 radical (unpaired) electrons. The summed E-state index contributed by atoms with van der Waals surface area (Å²) >= 11 is 7.57. The molecule has 0 aliphatic carbocycles. The number of carbonyl (C=O) groups is 1. The van der Waals surface area contributed by atoms with Gasteiger partial charge in [0.1, 0.15) is 6.33 Å². The van der Waals surface area contributed by atoms with E-state index in [4.69, 9.17) is 11.6 Å². The highest BCUT2D eigenvalue weighted by Gasteiger charge is 2.07. The van der Waals surface area contributed by atoms with Crippen LogP contribution >= 0.6 is 23.4 Å². The number of thioether (sulfide) groups is 1. The van der Waals surface area contributed by atoms with Gasteiger partial charge in [0.25, 0.3) is 5.91 Å². The van der Waals surface area contributed by atoms with Crippen molar-refractivity contribution >= 4 is 35.0 Å². The molecule has 3 rings (SSSR count). The maximum absolute atomic E-state index is 12.3. The zero-order chi connectivity index (χ0) is 19.2. The average Bonchev–Trinajstić information content (AvgIpc) is 3.09. The van der Waals surface area contributed by atoms with Crippen molar-refractivity contribution in [2.75, 3.05) is 0 Å². The number of rotatable bonds is 6. The Kier molecular flexibility index (Phi) is 6.26. The number of carbonyl (C=O) groups excluding carboxylic acids is 1. The summed E-state index contributed by atoms with van der Waals surface area (Å²) in [6, 6.07) is 14.7. The minimum absolute atomic E-state index is 0.260. The highest BCUT2D eigenvalue weighted by atomic mass is 35.5. The highest BCUT2D eigenvalue weighted by Crippen LogP contribution is 2.20. The molecular weight excluding hydrogens is 382 g/mol. The van der Waals surface area contributed by atoms with Gasteiger partial charge in [-0.25, -0.2) is 5.43 Å². The second-order valence-electron chi connectivity index (χ2n) is 5.86. The Morgan fingerprint density at radius 2 is 2.00 bits per heavy atom. The molecule has 0 spiro atoms. The summed E-state index contributed by atoms with van der Waals surface area (Å²) in [7, 11) is 1.90. The number of hydrazone groups is 1. The Morgan fingerprint density at radius 1 is 1.22 bits per heavy atom. The molecule has 0 fully saturated rings. The van der Waals surface area contributed by atoms with Gasteiger partial charge in [-0.1, -0.05) is 47.6 Å². The normalized spacial score (nSPS) is 11.4. The molecule has 0 saturated heterocycles. The second-order valence-corrected chi connectivity index (χ2v) is 7.24. The van der Waals surface area contributed by atoms with Gasteiger partial charge in [0.15, 0.2) is 5.16 Å². The van der Waals surface area contributed by atoms with Crippen molar-refractivity contribution in [1.29, 1.82) is 0 Å². The van der Waals surface area contributed by atoms with Crippen molar-refractivity contribution < 1.29 is 4.79 Å². The fraction of sp³-hybridized carbons (Fsp3) is 0.158. The summed E-state index contributed by atoms with van der Waals surface area (Å²) in [6.45, 7) is 1.82. The summed E-state index contributed by atoms with van der Waals surface area (Å²) in [5, 5.41) is 13.5. The van der Waals surface area contributed by atoms with Gasteiger partial charge in [-0.05, 0) is 42.3 Å². The van der Waals surface area contributed by atoms with Crippen molar-refractivity contribution in [3.63, 3.8) is 0 Å². The minimum atomic E-state index is -0.260. The molecule has 1 N–H and O–H groups in total. The molecule has 6 nitrogen and oxygen atoms in total. The summed E-state index contributed by atoms with van der Waals surface area (Å²) in [4.78, 5) is 12.3. The minimum Gasteiger partial charge on any atom is -0.312 e. The topological polar surface area (TPSA) is 72.2 Å². The van der Waals surface area contributed by atoms with E-state index in [1.807, 2.05) is 42.8 Å². The Hall–Kier alpha value is -2.64. The van der Waals surface area contributed by atoms with E-state index in [0.29, 0.717) is 16.3 Å². The van der Waals surface area contributed by atoms with E-state index in [-0.39, 0.29) is 5.91 Å². The average molecular weight is 400 g/mol. The zero-order valence-corrected chi connectivity index (χ0v) is 16.5. The summed E-state index contributed by atoms with van der Waals surface area (Å²) in [5.41, 5.74) is 5.76. The maximum atomic E-state index is 12.3. The number of halogens is 1. The molecule has 0 atom stereocenters. The molecule has 1 aromatic heterocycles. The first-order chi connectivity index (χ1) is 13.0. The standard InChI is InChI=1S/C19H18ClN5OS/c1-13(16-4-3-5-17(20)10-16)22-23-18(26)15-8-6-14(7-9-15)11-27-19-24-21-12-25(19)2/h3-10,12H,11H2,1-2H3,(H,23,26)/b22-13+. The molecule has 138 valence electrons. The van der Waals surface area contributed by atoms with Crippen molar-refractivity contribution in [2.24, 2.45) is 12.1 Å². The van der Waals surface area contributed by atoms with Gasteiger partial charge >= 0.3 is 0 Å². The molecule has 0 bridgehead atoms. The van der Waals surface area contributed by atoms with E-state index in [2.05, 4.69) is 20.7 Å². The first-order valence-electron chi connectivity index (χ1n) is 8.19. The predicted octanol–water partition coefficient (Wildman–Crippen LogP) is 3.91. The number of amides is 1. The third-order valence-corrected chi connectivity index (χ3v) is 5.16. The van der Waals surface area contributed by atoms with Gasteiger partial charge in [-0.3, -0.25) is 4.79 Å². The lowest BCUT2D eigenvalue weighted by Gasteiger charge is -2.05. The van der Waals surface area contributed by atoms with Gasteiger partial charge in [-0.15, -0.1) is 10.2 Å². The first-order valence-corrected chi connectivity index (χ1v) is 9.55. The number of hydrogen-bond donors (Lipinski definition) is 1. The van der Waals surface area contributed by atoms with E-state index < -0.39 is 0 Å². The van der Waals surface area contributed by atoms with Gasteiger partial charge < -0.3 is 4.57 Å². The quantitative estimate of drug-likeness (QED) is 0.387. The lowest BCUT2D eigenvalue weighted by Crippen LogP contribution is -2.19. The molecule has 1 heterocycles. The fourth-order valence-corrected chi connectivity index (χ4v) is 3.31. The first kappa shape index (κ1) is 19.1. The van der Waals surface area contributed by atoms with Crippen LogP contribution in [0, 0.1) is 0 Å². The Labute approximate surface area is 166 Å². The molecule has 1 amide bonds. The van der Waals surface area contributed by atoms with Crippen LogP contribution in [0.25, 0.3) is 0 Å². The number of nitrogens with one attached hydrogen (secondary N) is 1.